The van der Waals surface area contributed by atoms with Crippen LogP contribution in [0.2, 0.25) is 0 Å². The van der Waals surface area contributed by atoms with E-state index in [1.807, 2.05) is 19.3 Å². The second-order valence-corrected chi connectivity index (χ2v) is 5.57. The Morgan fingerprint density at radius 3 is 3.12 bits per heavy atom. The topological polar surface area (TPSA) is 86.4 Å². The number of hydrogen-bond donors (Lipinski definition) is 1. The first-order valence-electron chi connectivity index (χ1n) is 7.85. The smallest absolute Gasteiger partial charge is 0.323 e. The lowest BCUT2D eigenvalue weighted by atomic mass is 10.2. The van der Waals surface area contributed by atoms with Gasteiger partial charge >= 0.3 is 6.03 Å². The summed E-state index contributed by atoms with van der Waals surface area (Å²) in [5.74, 6) is 0.527. The lowest BCUT2D eigenvalue weighted by molar-refractivity contribution is -0.0175. The van der Waals surface area contributed by atoms with Crippen molar-refractivity contribution in [1.29, 1.82) is 0 Å². The van der Waals surface area contributed by atoms with Gasteiger partial charge in [-0.25, -0.2) is 4.79 Å². The van der Waals surface area contributed by atoms with Crippen molar-refractivity contribution in [3.63, 3.8) is 0 Å². The Morgan fingerprint density at radius 2 is 2.38 bits per heavy atom. The molecule has 1 fully saturated rings. The zero-order valence-electron chi connectivity index (χ0n) is 13.9. The van der Waals surface area contributed by atoms with Gasteiger partial charge in [0.15, 0.2) is 5.82 Å². The van der Waals surface area contributed by atoms with Gasteiger partial charge in [0.05, 0.1) is 32.0 Å². The highest BCUT2D eigenvalue weighted by molar-refractivity contribution is 5.88. The van der Waals surface area contributed by atoms with E-state index in [9.17, 15) is 4.79 Å². The third-order valence-corrected chi connectivity index (χ3v) is 3.94. The Kier molecular flexibility index (Phi) is 5.11. The van der Waals surface area contributed by atoms with E-state index in [0.717, 1.165) is 5.69 Å². The summed E-state index contributed by atoms with van der Waals surface area (Å²) in [6.45, 7) is 2.74. The van der Waals surface area contributed by atoms with Gasteiger partial charge in [-0.05, 0) is 6.07 Å². The quantitative estimate of drug-likeness (QED) is 0.877. The normalized spacial score (nSPS) is 17.9. The Morgan fingerprint density at radius 1 is 1.50 bits per heavy atom. The van der Waals surface area contributed by atoms with E-state index in [-0.39, 0.29) is 12.1 Å². The molecule has 9 heteroatoms. The van der Waals surface area contributed by atoms with Crippen LogP contribution in [0, 0.1) is 0 Å². The van der Waals surface area contributed by atoms with Gasteiger partial charge in [0, 0.05) is 39.2 Å². The number of carbonyl (C=O) groups is 1. The molecule has 0 bridgehead atoms. The minimum Gasteiger partial charge on any atom is -0.383 e. The van der Waals surface area contributed by atoms with Crippen molar-refractivity contribution in [2.24, 2.45) is 7.05 Å². The molecule has 0 aromatic carbocycles. The van der Waals surface area contributed by atoms with Crippen molar-refractivity contribution in [3.8, 4) is 0 Å². The van der Waals surface area contributed by atoms with Crippen LogP contribution in [0.15, 0.2) is 24.5 Å². The summed E-state index contributed by atoms with van der Waals surface area (Å²) in [5, 5.41) is 11.3. The molecule has 9 nitrogen and oxygen atoms in total. The number of anilines is 1. The van der Waals surface area contributed by atoms with Gasteiger partial charge in [0.25, 0.3) is 0 Å². The van der Waals surface area contributed by atoms with Crippen LogP contribution in [-0.2, 0) is 23.1 Å². The molecule has 1 saturated heterocycles. The highest BCUT2D eigenvalue weighted by atomic mass is 16.5. The average Bonchev–Trinajstić information content (AvgIpc) is 3.22. The van der Waals surface area contributed by atoms with Crippen molar-refractivity contribution in [2.45, 2.75) is 12.6 Å². The summed E-state index contributed by atoms with van der Waals surface area (Å²) in [7, 11) is 3.51. The molecule has 1 unspecified atom stereocenters. The van der Waals surface area contributed by atoms with Crippen LogP contribution < -0.4 is 5.32 Å². The Labute approximate surface area is 140 Å². The van der Waals surface area contributed by atoms with E-state index < -0.39 is 0 Å². The van der Waals surface area contributed by atoms with E-state index in [1.165, 1.54) is 0 Å². The lowest BCUT2D eigenvalue weighted by Gasteiger charge is -2.32. The molecule has 1 N–H and O–H groups in total. The molecule has 2 aromatic heterocycles. The molecule has 1 aliphatic rings. The van der Waals surface area contributed by atoms with E-state index in [1.54, 1.807) is 33.6 Å². The van der Waals surface area contributed by atoms with Crippen molar-refractivity contribution in [3.05, 3.63) is 30.2 Å². The number of methoxy groups -OCH3 is 1. The van der Waals surface area contributed by atoms with Crippen LogP contribution in [0.3, 0.4) is 0 Å². The summed E-state index contributed by atoms with van der Waals surface area (Å²) < 4.78 is 14.3. The monoisotopic (exact) mass is 334 g/mol. The number of carbonyl (C=O) groups excluding carboxylic acids is 1. The van der Waals surface area contributed by atoms with E-state index in [4.69, 9.17) is 9.47 Å². The third kappa shape index (κ3) is 3.74. The molecular formula is C15H22N6O3. The maximum atomic E-state index is 12.5. The summed E-state index contributed by atoms with van der Waals surface area (Å²) in [5.41, 5.74) is 0.955. The second kappa shape index (κ2) is 7.45. The lowest BCUT2D eigenvalue weighted by Crippen LogP contribution is -2.44. The van der Waals surface area contributed by atoms with Gasteiger partial charge in [-0.1, -0.05) is 0 Å². The molecule has 2 aromatic rings. The fourth-order valence-electron chi connectivity index (χ4n) is 2.64. The van der Waals surface area contributed by atoms with Crippen molar-refractivity contribution >= 4 is 11.8 Å². The number of nitrogens with zero attached hydrogens (tertiary/aromatic N) is 5. The molecule has 24 heavy (non-hydrogen) atoms. The van der Waals surface area contributed by atoms with E-state index in [2.05, 4.69) is 15.5 Å². The Balaban J connectivity index is 1.58. The van der Waals surface area contributed by atoms with Gasteiger partial charge in [0.2, 0.25) is 0 Å². The maximum absolute atomic E-state index is 12.5. The van der Waals surface area contributed by atoms with Gasteiger partial charge in [-0.15, -0.1) is 0 Å². The van der Waals surface area contributed by atoms with Crippen molar-refractivity contribution in [2.75, 3.05) is 38.7 Å². The number of aryl methyl sites for hydroxylation is 1. The van der Waals surface area contributed by atoms with Gasteiger partial charge in [-0.2, -0.15) is 10.2 Å². The number of urea groups is 1. The van der Waals surface area contributed by atoms with Gasteiger partial charge in [0.1, 0.15) is 6.10 Å². The van der Waals surface area contributed by atoms with Crippen LogP contribution in [0.1, 0.15) is 11.8 Å². The van der Waals surface area contributed by atoms with E-state index in [0.29, 0.717) is 38.7 Å². The molecule has 1 atom stereocenters. The number of aromatic nitrogens is 4. The molecule has 1 aliphatic heterocycles. The Hall–Kier alpha value is -2.39. The first kappa shape index (κ1) is 16.5. The molecule has 0 saturated carbocycles. The predicted molar refractivity (Wildman–Crippen MR) is 86.6 cm³/mol. The fourth-order valence-corrected chi connectivity index (χ4v) is 2.64. The van der Waals surface area contributed by atoms with Crippen molar-refractivity contribution in [1.82, 2.24) is 24.5 Å². The van der Waals surface area contributed by atoms with Gasteiger partial charge in [-0.3, -0.25) is 14.7 Å². The summed E-state index contributed by atoms with van der Waals surface area (Å²) in [4.78, 5) is 14.2. The predicted octanol–water partition coefficient (Wildman–Crippen LogP) is 0.868. The van der Waals surface area contributed by atoms with E-state index >= 15 is 0 Å². The minimum atomic E-state index is -0.178. The van der Waals surface area contributed by atoms with Crippen LogP contribution in [0.25, 0.3) is 0 Å². The maximum Gasteiger partial charge on any atom is 0.323 e. The zero-order valence-corrected chi connectivity index (χ0v) is 13.9. The molecule has 0 spiro atoms. The highest BCUT2D eigenvalue weighted by Gasteiger charge is 2.27. The number of rotatable bonds is 5. The fraction of sp³-hybridized carbons (Fsp3) is 0.533. The number of hydrogen-bond acceptors (Lipinski definition) is 5. The van der Waals surface area contributed by atoms with Crippen LogP contribution in [0.4, 0.5) is 10.6 Å². The van der Waals surface area contributed by atoms with Crippen LogP contribution >= 0.6 is 0 Å². The minimum absolute atomic E-state index is 0.170. The SMILES string of the molecule is COCCn1ccc(NC(=O)N2CCOC(c3ccnn3C)C2)n1. The summed E-state index contributed by atoms with van der Waals surface area (Å²) in [6.07, 6.45) is 3.37. The van der Waals surface area contributed by atoms with Crippen LogP contribution in [0.5, 0.6) is 0 Å². The van der Waals surface area contributed by atoms with Gasteiger partial charge < -0.3 is 14.4 Å². The largest absolute Gasteiger partial charge is 0.383 e. The number of ether oxygens (including phenoxy) is 2. The molecule has 2 amide bonds. The standard InChI is InChI=1S/C15H22N6O3/c1-19-12(3-5-16-19)13-11-20(7-10-24-13)15(22)17-14-4-6-21(18-14)8-9-23-2/h3-6,13H,7-11H2,1-2H3,(H,17,18,22). The number of amides is 2. The third-order valence-electron chi connectivity index (χ3n) is 3.94. The van der Waals surface area contributed by atoms with Crippen molar-refractivity contribution < 1.29 is 14.3 Å². The first-order valence-corrected chi connectivity index (χ1v) is 7.85. The highest BCUT2D eigenvalue weighted by Crippen LogP contribution is 2.21. The molecule has 130 valence electrons. The number of nitrogens with one attached hydrogen (secondary N) is 1. The summed E-state index contributed by atoms with van der Waals surface area (Å²) >= 11 is 0. The molecular weight excluding hydrogens is 312 g/mol. The number of morpholine rings is 1. The second-order valence-electron chi connectivity index (χ2n) is 5.57. The average molecular weight is 334 g/mol. The zero-order chi connectivity index (χ0) is 16.9. The molecule has 0 radical (unpaired) electrons. The molecule has 0 aliphatic carbocycles. The first-order chi connectivity index (χ1) is 11.7. The summed E-state index contributed by atoms with van der Waals surface area (Å²) in [6, 6.07) is 3.50. The Bertz CT molecular complexity index is 682. The molecule has 3 heterocycles. The van der Waals surface area contributed by atoms with Crippen LogP contribution in [-0.4, -0.2) is 63.9 Å². The molecule has 3 rings (SSSR count).